The van der Waals surface area contributed by atoms with Crippen LogP contribution in [-0.2, 0) is 0 Å². The fourth-order valence-electron chi connectivity index (χ4n) is 3.91. The molecule has 2 aliphatic carbocycles. The Morgan fingerprint density at radius 1 is 0.846 bits per heavy atom. The third-order valence-corrected chi connectivity index (χ3v) is 4.56. The molecule has 0 N–H and O–H groups in total. The Labute approximate surface area is 81.5 Å². The van der Waals surface area contributed by atoms with E-state index in [0.29, 0.717) is 0 Å². The van der Waals surface area contributed by atoms with Gasteiger partial charge in [0.15, 0.2) is 0 Å². The fraction of sp³-hybridized carbons (Fsp3) is 1.00. The third-order valence-electron chi connectivity index (χ3n) is 4.56. The normalized spacial score (nSPS) is 45.7. The van der Waals surface area contributed by atoms with E-state index in [9.17, 15) is 0 Å². The van der Waals surface area contributed by atoms with Crippen molar-refractivity contribution in [2.24, 2.45) is 11.8 Å². The molecule has 3 atom stereocenters. The van der Waals surface area contributed by atoms with Gasteiger partial charge in [0.2, 0.25) is 0 Å². The van der Waals surface area contributed by atoms with Crippen LogP contribution in [-0.4, -0.2) is 24.0 Å². The molecule has 3 aliphatic rings. The zero-order valence-electron chi connectivity index (χ0n) is 8.54. The summed E-state index contributed by atoms with van der Waals surface area (Å²) in [5.74, 6) is 2.22. The number of hydrogen-bond acceptors (Lipinski definition) is 1. The van der Waals surface area contributed by atoms with Crippen molar-refractivity contribution in [1.29, 1.82) is 0 Å². The van der Waals surface area contributed by atoms with Gasteiger partial charge < -0.3 is 4.90 Å². The first kappa shape index (κ1) is 8.28. The van der Waals surface area contributed by atoms with Gasteiger partial charge in [-0.15, -0.1) is 0 Å². The highest BCUT2D eigenvalue weighted by atomic mass is 15.2. The van der Waals surface area contributed by atoms with Gasteiger partial charge in [-0.25, -0.2) is 0 Å². The number of hydrogen-bond donors (Lipinski definition) is 0. The highest BCUT2D eigenvalue weighted by Crippen LogP contribution is 2.46. The van der Waals surface area contributed by atoms with Crippen molar-refractivity contribution in [3.8, 4) is 0 Å². The Morgan fingerprint density at radius 3 is 2.31 bits per heavy atom. The van der Waals surface area contributed by atoms with Gasteiger partial charge >= 0.3 is 0 Å². The Kier molecular flexibility index (Phi) is 2.08. The van der Waals surface area contributed by atoms with Gasteiger partial charge in [0.1, 0.15) is 0 Å². The average molecular weight is 179 g/mol. The molecular formula is C12H21N. The molecule has 74 valence electrons. The first-order valence-corrected chi connectivity index (χ1v) is 6.17. The first-order chi connectivity index (χ1) is 6.43. The Balaban J connectivity index is 1.65. The van der Waals surface area contributed by atoms with E-state index in [-0.39, 0.29) is 0 Å². The lowest BCUT2D eigenvalue weighted by Gasteiger charge is -2.37. The SMILES string of the molecule is C1CCN([C@@H]2C[C@H]3CC[C@@H]2C3)CC1. The second-order valence-corrected chi connectivity index (χ2v) is 5.34. The van der Waals surface area contributed by atoms with Gasteiger partial charge in [-0.3, -0.25) is 0 Å². The topological polar surface area (TPSA) is 3.24 Å². The molecule has 0 unspecified atom stereocenters. The maximum atomic E-state index is 2.81. The smallest absolute Gasteiger partial charge is 0.0126 e. The van der Waals surface area contributed by atoms with Crippen molar-refractivity contribution in [2.75, 3.05) is 13.1 Å². The van der Waals surface area contributed by atoms with Crippen molar-refractivity contribution >= 4 is 0 Å². The molecule has 1 nitrogen and oxygen atoms in total. The van der Waals surface area contributed by atoms with E-state index in [1.807, 2.05) is 0 Å². The summed E-state index contributed by atoms with van der Waals surface area (Å²) in [6, 6.07) is 1.01. The minimum atomic E-state index is 1.01. The van der Waals surface area contributed by atoms with Crippen LogP contribution in [0, 0.1) is 11.8 Å². The zero-order chi connectivity index (χ0) is 8.67. The molecule has 1 heterocycles. The predicted octanol–water partition coefficient (Wildman–Crippen LogP) is 2.66. The van der Waals surface area contributed by atoms with Crippen LogP contribution < -0.4 is 0 Å². The van der Waals surface area contributed by atoms with Gasteiger partial charge in [-0.2, -0.15) is 0 Å². The van der Waals surface area contributed by atoms with Crippen LogP contribution in [0.3, 0.4) is 0 Å². The van der Waals surface area contributed by atoms with Crippen molar-refractivity contribution in [1.82, 2.24) is 4.90 Å². The summed E-state index contributed by atoms with van der Waals surface area (Å²) in [7, 11) is 0. The zero-order valence-corrected chi connectivity index (χ0v) is 8.54. The first-order valence-electron chi connectivity index (χ1n) is 6.17. The second-order valence-electron chi connectivity index (χ2n) is 5.34. The molecule has 2 bridgehead atoms. The van der Waals surface area contributed by atoms with E-state index in [4.69, 9.17) is 0 Å². The van der Waals surface area contributed by atoms with E-state index in [1.54, 1.807) is 25.7 Å². The van der Waals surface area contributed by atoms with Crippen molar-refractivity contribution in [3.63, 3.8) is 0 Å². The van der Waals surface area contributed by atoms with E-state index in [0.717, 1.165) is 17.9 Å². The molecule has 3 rings (SSSR count). The number of piperidine rings is 1. The molecular weight excluding hydrogens is 158 g/mol. The molecule has 0 aromatic heterocycles. The molecule has 0 spiro atoms. The molecule has 0 aromatic carbocycles. The summed E-state index contributed by atoms with van der Waals surface area (Å²) < 4.78 is 0. The summed E-state index contributed by atoms with van der Waals surface area (Å²) in [6.07, 6.45) is 10.6. The molecule has 0 aromatic rings. The van der Waals surface area contributed by atoms with Gasteiger partial charge in [0.05, 0.1) is 0 Å². The lowest BCUT2D eigenvalue weighted by Crippen LogP contribution is -2.42. The Bertz CT molecular complexity index is 184. The van der Waals surface area contributed by atoms with Crippen LogP contribution >= 0.6 is 0 Å². The van der Waals surface area contributed by atoms with Crippen LogP contribution in [0.2, 0.25) is 0 Å². The van der Waals surface area contributed by atoms with Crippen LogP contribution in [0.15, 0.2) is 0 Å². The van der Waals surface area contributed by atoms with Gasteiger partial charge in [0, 0.05) is 6.04 Å². The summed E-state index contributed by atoms with van der Waals surface area (Å²) in [4.78, 5) is 2.81. The Morgan fingerprint density at radius 2 is 1.69 bits per heavy atom. The molecule has 0 amide bonds. The maximum Gasteiger partial charge on any atom is 0.0126 e. The lowest BCUT2D eigenvalue weighted by atomic mass is 9.92. The number of nitrogens with zero attached hydrogens (tertiary/aromatic N) is 1. The summed E-state index contributed by atoms with van der Waals surface area (Å²) in [6.45, 7) is 2.82. The molecule has 13 heavy (non-hydrogen) atoms. The number of likely N-dealkylation sites (tertiary alicyclic amines) is 1. The molecule has 1 saturated heterocycles. The van der Waals surface area contributed by atoms with Crippen LogP contribution in [0.1, 0.15) is 44.9 Å². The summed E-state index contributed by atoms with van der Waals surface area (Å²) >= 11 is 0. The minimum absolute atomic E-state index is 1.01. The van der Waals surface area contributed by atoms with Crippen molar-refractivity contribution < 1.29 is 0 Å². The van der Waals surface area contributed by atoms with Crippen molar-refractivity contribution in [2.45, 2.75) is 51.0 Å². The van der Waals surface area contributed by atoms with Crippen LogP contribution in [0.4, 0.5) is 0 Å². The molecule has 3 fully saturated rings. The number of rotatable bonds is 1. The monoisotopic (exact) mass is 179 g/mol. The quantitative estimate of drug-likeness (QED) is 0.598. The second kappa shape index (κ2) is 3.27. The van der Waals surface area contributed by atoms with Gasteiger partial charge in [-0.1, -0.05) is 12.8 Å². The largest absolute Gasteiger partial charge is 0.300 e. The highest BCUT2D eigenvalue weighted by molar-refractivity contribution is 4.95. The van der Waals surface area contributed by atoms with E-state index >= 15 is 0 Å². The van der Waals surface area contributed by atoms with Crippen molar-refractivity contribution in [3.05, 3.63) is 0 Å². The summed E-state index contributed by atoms with van der Waals surface area (Å²) in [5, 5.41) is 0. The summed E-state index contributed by atoms with van der Waals surface area (Å²) in [5.41, 5.74) is 0. The van der Waals surface area contributed by atoms with E-state index < -0.39 is 0 Å². The lowest BCUT2D eigenvalue weighted by molar-refractivity contribution is 0.119. The van der Waals surface area contributed by atoms with Crippen LogP contribution in [0.5, 0.6) is 0 Å². The maximum absolute atomic E-state index is 2.81. The minimum Gasteiger partial charge on any atom is -0.300 e. The number of fused-ring (bicyclic) bond motifs is 2. The molecule has 1 heteroatoms. The van der Waals surface area contributed by atoms with Crippen LogP contribution in [0.25, 0.3) is 0 Å². The molecule has 2 saturated carbocycles. The van der Waals surface area contributed by atoms with E-state index in [1.165, 1.54) is 32.4 Å². The fourth-order valence-corrected chi connectivity index (χ4v) is 3.91. The third kappa shape index (κ3) is 1.41. The predicted molar refractivity (Wildman–Crippen MR) is 54.7 cm³/mol. The molecule has 0 radical (unpaired) electrons. The average Bonchev–Trinajstić information content (AvgIpc) is 2.80. The molecule has 1 aliphatic heterocycles. The van der Waals surface area contributed by atoms with Gasteiger partial charge in [-0.05, 0) is 57.0 Å². The van der Waals surface area contributed by atoms with E-state index in [2.05, 4.69) is 4.90 Å². The Hall–Kier alpha value is -0.0400. The standard InChI is InChI=1S/C12H21N/c1-2-6-13(7-3-1)12-9-10-4-5-11(12)8-10/h10-12H,1-9H2/t10-,11+,12+/m0/s1. The highest BCUT2D eigenvalue weighted by Gasteiger charge is 2.42. The van der Waals surface area contributed by atoms with Gasteiger partial charge in [0.25, 0.3) is 0 Å².